The van der Waals surface area contributed by atoms with Gasteiger partial charge < -0.3 is 10.1 Å². The highest BCUT2D eigenvalue weighted by molar-refractivity contribution is 7.89. The van der Waals surface area contributed by atoms with Crippen LogP contribution in [0.15, 0.2) is 65.6 Å². The van der Waals surface area contributed by atoms with Crippen LogP contribution in [-0.2, 0) is 24.3 Å². The van der Waals surface area contributed by atoms with E-state index in [0.29, 0.717) is 0 Å². The summed E-state index contributed by atoms with van der Waals surface area (Å²) in [5.41, 5.74) is 1.12. The minimum Gasteiger partial charge on any atom is -0.449 e. The summed E-state index contributed by atoms with van der Waals surface area (Å²) in [5, 5.41) is 2.55. The monoisotopic (exact) mass is 402 g/mol. The maximum atomic E-state index is 12.2. The van der Waals surface area contributed by atoms with Gasteiger partial charge in [-0.3, -0.25) is 4.79 Å². The first-order valence-electron chi connectivity index (χ1n) is 8.47. The lowest BCUT2D eigenvalue weighted by molar-refractivity contribution is -0.148. The van der Waals surface area contributed by atoms with E-state index in [1.807, 2.05) is 30.3 Å². The Kier molecular flexibility index (Phi) is 7.08. The molecule has 2 rings (SSSR count). The van der Waals surface area contributed by atoms with Crippen molar-refractivity contribution in [1.29, 1.82) is 0 Å². The number of hydrogen-bond acceptors (Lipinski definition) is 5. The average molecular weight is 402 g/mol. The topological polar surface area (TPSA) is 92.8 Å². The second-order valence-electron chi connectivity index (χ2n) is 6.13. The van der Waals surface area contributed by atoms with E-state index in [4.69, 9.17) is 4.74 Å². The van der Waals surface area contributed by atoms with E-state index < -0.39 is 28.0 Å². The Morgan fingerprint density at radius 3 is 2.39 bits per heavy atom. The number of amides is 1. The highest BCUT2D eigenvalue weighted by Crippen LogP contribution is 2.18. The smallest absolute Gasteiger partial charge is 0.331 e. The lowest BCUT2D eigenvalue weighted by Crippen LogP contribution is -2.29. The number of sulfonamides is 1. The Morgan fingerprint density at radius 2 is 1.75 bits per heavy atom. The number of benzene rings is 2. The number of carbonyl (C=O) groups excluding carboxylic acids is 2. The number of nitrogens with one attached hydrogen (secondary N) is 1. The Labute approximate surface area is 164 Å². The van der Waals surface area contributed by atoms with Crippen molar-refractivity contribution in [3.05, 3.63) is 66.2 Å². The van der Waals surface area contributed by atoms with Gasteiger partial charge in [-0.05, 0) is 36.8 Å². The number of carbonyl (C=O) groups is 2. The minimum atomic E-state index is -3.62. The predicted octanol–water partition coefficient (Wildman–Crippen LogP) is 2.52. The van der Waals surface area contributed by atoms with Gasteiger partial charge in [0, 0.05) is 25.9 Å². The number of nitrogens with zero attached hydrogens (tertiary/aromatic N) is 1. The molecule has 2 aromatic rings. The molecule has 2 aromatic carbocycles. The Morgan fingerprint density at radius 1 is 1.07 bits per heavy atom. The van der Waals surface area contributed by atoms with Crippen molar-refractivity contribution in [3.63, 3.8) is 0 Å². The van der Waals surface area contributed by atoms with Crippen LogP contribution in [0.3, 0.4) is 0 Å². The number of ether oxygens (including phenoxy) is 1. The van der Waals surface area contributed by atoms with Crippen molar-refractivity contribution in [2.24, 2.45) is 0 Å². The summed E-state index contributed by atoms with van der Waals surface area (Å²) in [5.74, 6) is -1.23. The highest BCUT2D eigenvalue weighted by atomic mass is 32.2. The third kappa shape index (κ3) is 5.77. The maximum Gasteiger partial charge on any atom is 0.331 e. The maximum absolute atomic E-state index is 12.2. The van der Waals surface area contributed by atoms with Crippen molar-refractivity contribution >= 4 is 33.7 Å². The van der Waals surface area contributed by atoms with E-state index >= 15 is 0 Å². The largest absolute Gasteiger partial charge is 0.449 e. The van der Waals surface area contributed by atoms with Crippen LogP contribution < -0.4 is 5.32 Å². The lowest BCUT2D eigenvalue weighted by Gasteiger charge is -2.14. The quantitative estimate of drug-likeness (QED) is 0.567. The zero-order valence-corrected chi connectivity index (χ0v) is 16.6. The fraction of sp³-hybridized carbons (Fsp3) is 0.200. The van der Waals surface area contributed by atoms with E-state index in [1.165, 1.54) is 45.3 Å². The summed E-state index contributed by atoms with van der Waals surface area (Å²) < 4.78 is 30.5. The van der Waals surface area contributed by atoms with Crippen molar-refractivity contribution in [3.8, 4) is 0 Å². The summed E-state index contributed by atoms with van der Waals surface area (Å²) >= 11 is 0. The van der Waals surface area contributed by atoms with Gasteiger partial charge in [0.05, 0.1) is 4.90 Å². The molecule has 0 heterocycles. The number of rotatable bonds is 7. The zero-order chi connectivity index (χ0) is 20.7. The molecule has 7 nitrogen and oxygen atoms in total. The second kappa shape index (κ2) is 9.29. The van der Waals surface area contributed by atoms with Crippen molar-refractivity contribution in [2.75, 3.05) is 19.4 Å². The molecule has 0 bridgehead atoms. The Balaban J connectivity index is 1.99. The molecule has 0 radical (unpaired) electrons. The molecule has 0 aliphatic carbocycles. The van der Waals surface area contributed by atoms with E-state index in [9.17, 15) is 18.0 Å². The third-order valence-corrected chi connectivity index (χ3v) is 5.56. The van der Waals surface area contributed by atoms with Crippen LogP contribution in [0.25, 0.3) is 6.08 Å². The predicted molar refractivity (Wildman–Crippen MR) is 107 cm³/mol. The second-order valence-corrected chi connectivity index (χ2v) is 8.28. The zero-order valence-electron chi connectivity index (χ0n) is 15.8. The highest BCUT2D eigenvalue weighted by Gasteiger charge is 2.20. The third-order valence-electron chi connectivity index (χ3n) is 3.75. The fourth-order valence-electron chi connectivity index (χ4n) is 2.18. The van der Waals surface area contributed by atoms with Crippen molar-refractivity contribution in [2.45, 2.75) is 17.9 Å². The van der Waals surface area contributed by atoms with Crippen LogP contribution in [0.2, 0.25) is 0 Å². The van der Waals surface area contributed by atoms with Crippen LogP contribution in [0, 0.1) is 0 Å². The van der Waals surface area contributed by atoms with Crippen LogP contribution in [0.5, 0.6) is 0 Å². The van der Waals surface area contributed by atoms with Gasteiger partial charge in [0.25, 0.3) is 5.91 Å². The Bertz CT molecular complexity index is 969. The van der Waals surface area contributed by atoms with Gasteiger partial charge in [0.2, 0.25) is 10.0 Å². The number of hydrogen-bond donors (Lipinski definition) is 1. The summed E-state index contributed by atoms with van der Waals surface area (Å²) in [4.78, 5) is 24.2. The summed E-state index contributed by atoms with van der Waals surface area (Å²) in [6, 6.07) is 15.0. The summed E-state index contributed by atoms with van der Waals surface area (Å²) in [7, 11) is -0.777. The number of esters is 1. The van der Waals surface area contributed by atoms with Crippen LogP contribution in [0.1, 0.15) is 12.5 Å². The van der Waals surface area contributed by atoms with Gasteiger partial charge >= 0.3 is 5.97 Å². The molecular formula is C20H22N2O5S. The van der Waals surface area contributed by atoms with Crippen LogP contribution in [-0.4, -0.2) is 44.8 Å². The molecule has 0 fully saturated rings. The molecule has 0 unspecified atom stereocenters. The van der Waals surface area contributed by atoms with Crippen LogP contribution >= 0.6 is 0 Å². The van der Waals surface area contributed by atoms with Crippen LogP contribution in [0.4, 0.5) is 5.69 Å². The molecule has 0 saturated heterocycles. The molecule has 0 aliphatic heterocycles. The molecule has 1 amide bonds. The lowest BCUT2D eigenvalue weighted by atomic mass is 10.2. The van der Waals surface area contributed by atoms with Crippen molar-refractivity contribution in [1.82, 2.24) is 4.31 Å². The van der Waals surface area contributed by atoms with Gasteiger partial charge in [-0.1, -0.05) is 36.4 Å². The molecule has 0 aromatic heterocycles. The SMILES string of the molecule is C[C@H](OC(=O)/C=C/c1ccccc1)C(=O)Nc1cccc(S(=O)(=O)N(C)C)c1. The minimum absolute atomic E-state index is 0.0470. The first-order valence-corrected chi connectivity index (χ1v) is 9.91. The van der Waals surface area contributed by atoms with Gasteiger partial charge in [-0.15, -0.1) is 0 Å². The Hall–Kier alpha value is -2.97. The van der Waals surface area contributed by atoms with Gasteiger partial charge in [-0.2, -0.15) is 0 Å². The average Bonchev–Trinajstić information content (AvgIpc) is 2.67. The molecule has 0 spiro atoms. The first kappa shape index (κ1) is 21.3. The molecular weight excluding hydrogens is 380 g/mol. The van der Waals surface area contributed by atoms with Gasteiger partial charge in [-0.25, -0.2) is 17.5 Å². The van der Waals surface area contributed by atoms with Gasteiger partial charge in [0.15, 0.2) is 6.10 Å². The van der Waals surface area contributed by atoms with Crippen molar-refractivity contribution < 1.29 is 22.7 Å². The van der Waals surface area contributed by atoms with Gasteiger partial charge in [0.1, 0.15) is 0 Å². The number of anilines is 1. The van der Waals surface area contributed by atoms with E-state index in [1.54, 1.807) is 12.1 Å². The molecule has 0 saturated carbocycles. The molecule has 1 atom stereocenters. The molecule has 1 N–H and O–H groups in total. The standard InChI is InChI=1S/C20H22N2O5S/c1-15(27-19(23)13-12-16-8-5-4-6-9-16)20(24)21-17-10-7-11-18(14-17)28(25,26)22(2)3/h4-15H,1-3H3,(H,21,24)/b13-12+/t15-/m0/s1. The molecule has 0 aliphatic rings. The van der Waals surface area contributed by atoms with E-state index in [2.05, 4.69) is 5.32 Å². The normalized spacial score (nSPS) is 12.7. The first-order chi connectivity index (χ1) is 13.2. The fourth-order valence-corrected chi connectivity index (χ4v) is 3.13. The molecule has 28 heavy (non-hydrogen) atoms. The summed E-state index contributed by atoms with van der Waals surface area (Å²) in [6.45, 7) is 1.43. The van der Waals surface area contributed by atoms with E-state index in [0.717, 1.165) is 9.87 Å². The summed E-state index contributed by atoms with van der Waals surface area (Å²) in [6.07, 6.45) is 1.77. The molecule has 8 heteroatoms. The molecule has 148 valence electrons. The van der Waals surface area contributed by atoms with E-state index in [-0.39, 0.29) is 10.6 Å².